The van der Waals surface area contributed by atoms with Gasteiger partial charge in [-0.15, -0.1) is 23.2 Å². The Kier molecular flexibility index (Phi) is 7.60. The monoisotopic (exact) mass is 419 g/mol. The van der Waals surface area contributed by atoms with Gasteiger partial charge in [0.2, 0.25) is 0 Å². The van der Waals surface area contributed by atoms with Crippen molar-refractivity contribution in [2.45, 2.75) is 18.2 Å². The smallest absolute Gasteiger partial charge is 0.251 e. The fourth-order valence-electron chi connectivity index (χ4n) is 3.51. The third-order valence-corrected chi connectivity index (χ3v) is 5.85. The van der Waals surface area contributed by atoms with E-state index in [1.165, 1.54) is 11.3 Å². The standard InChI is InChI=1S/C22H27Cl2N3O/c1-26-10-12-27(13-11-26)21-5-3-2-4-17(21)8-9-25-22(28)18-6-7-19(15-23)20(14-18)16-24/h2-7,14H,8-13,15-16H2,1H3,(H,25,28). The minimum Gasteiger partial charge on any atom is -0.369 e. The second-order valence-electron chi connectivity index (χ2n) is 7.18. The van der Waals surface area contributed by atoms with Crippen LogP contribution in [0.3, 0.4) is 0 Å². The number of hydrogen-bond donors (Lipinski definition) is 1. The Hall–Kier alpha value is -1.75. The molecule has 0 radical (unpaired) electrons. The molecule has 1 aliphatic heterocycles. The molecule has 0 unspecified atom stereocenters. The maximum absolute atomic E-state index is 12.5. The van der Waals surface area contributed by atoms with Crippen LogP contribution >= 0.6 is 23.2 Å². The first-order valence-electron chi connectivity index (χ1n) is 9.65. The first-order chi connectivity index (χ1) is 13.6. The molecule has 6 heteroatoms. The highest BCUT2D eigenvalue weighted by Crippen LogP contribution is 2.22. The zero-order valence-corrected chi connectivity index (χ0v) is 17.8. The van der Waals surface area contributed by atoms with Gasteiger partial charge in [0, 0.05) is 55.7 Å². The zero-order chi connectivity index (χ0) is 19.9. The van der Waals surface area contributed by atoms with Crippen molar-refractivity contribution in [3.8, 4) is 0 Å². The molecule has 1 heterocycles. The van der Waals surface area contributed by atoms with E-state index in [9.17, 15) is 4.79 Å². The van der Waals surface area contributed by atoms with E-state index in [0.717, 1.165) is 43.7 Å². The van der Waals surface area contributed by atoms with Crippen LogP contribution in [0, 0.1) is 0 Å². The average molecular weight is 420 g/mol. The number of piperazine rings is 1. The number of carbonyl (C=O) groups excluding carboxylic acids is 1. The molecule has 1 amide bonds. The number of anilines is 1. The van der Waals surface area contributed by atoms with Crippen molar-refractivity contribution in [2.24, 2.45) is 0 Å². The summed E-state index contributed by atoms with van der Waals surface area (Å²) in [6.45, 7) is 4.82. The Labute approximate surface area is 177 Å². The van der Waals surface area contributed by atoms with Crippen molar-refractivity contribution in [3.05, 3.63) is 64.7 Å². The third kappa shape index (κ3) is 5.19. The molecule has 0 saturated carbocycles. The molecule has 1 fully saturated rings. The number of amides is 1. The number of rotatable bonds is 7. The number of halogens is 2. The minimum absolute atomic E-state index is 0.0791. The fourth-order valence-corrected chi connectivity index (χ4v) is 4.02. The topological polar surface area (TPSA) is 35.6 Å². The van der Waals surface area contributed by atoms with E-state index in [2.05, 4.69) is 46.4 Å². The van der Waals surface area contributed by atoms with Crippen molar-refractivity contribution in [1.29, 1.82) is 0 Å². The first-order valence-corrected chi connectivity index (χ1v) is 10.7. The average Bonchev–Trinajstić information content (AvgIpc) is 2.74. The quantitative estimate of drug-likeness (QED) is 0.691. The Morgan fingerprint density at radius 1 is 0.964 bits per heavy atom. The maximum atomic E-state index is 12.5. The van der Waals surface area contributed by atoms with E-state index in [-0.39, 0.29) is 5.91 Å². The molecule has 0 bridgehead atoms. The third-order valence-electron chi connectivity index (χ3n) is 5.27. The molecule has 0 aromatic heterocycles. The maximum Gasteiger partial charge on any atom is 0.251 e. The van der Waals surface area contributed by atoms with Gasteiger partial charge >= 0.3 is 0 Å². The van der Waals surface area contributed by atoms with Gasteiger partial charge in [-0.1, -0.05) is 24.3 Å². The molecule has 4 nitrogen and oxygen atoms in total. The molecular formula is C22H27Cl2N3O. The Balaban J connectivity index is 1.60. The molecule has 1 aliphatic rings. The number of benzene rings is 2. The highest BCUT2D eigenvalue weighted by molar-refractivity contribution is 6.18. The van der Waals surface area contributed by atoms with Gasteiger partial charge in [0.25, 0.3) is 5.91 Å². The van der Waals surface area contributed by atoms with Crippen LogP contribution in [0.5, 0.6) is 0 Å². The van der Waals surface area contributed by atoms with Crippen molar-refractivity contribution >= 4 is 34.8 Å². The summed E-state index contributed by atoms with van der Waals surface area (Å²) in [4.78, 5) is 17.3. The van der Waals surface area contributed by atoms with Gasteiger partial charge in [-0.3, -0.25) is 4.79 Å². The number of para-hydroxylation sites is 1. The SMILES string of the molecule is CN1CCN(c2ccccc2CCNC(=O)c2ccc(CCl)c(CCl)c2)CC1. The second-order valence-corrected chi connectivity index (χ2v) is 7.71. The predicted molar refractivity (Wildman–Crippen MR) is 118 cm³/mol. The van der Waals surface area contributed by atoms with Gasteiger partial charge in [0.15, 0.2) is 0 Å². The van der Waals surface area contributed by atoms with E-state index >= 15 is 0 Å². The van der Waals surface area contributed by atoms with E-state index in [4.69, 9.17) is 23.2 Å². The summed E-state index contributed by atoms with van der Waals surface area (Å²) in [5.41, 5.74) is 5.04. The van der Waals surface area contributed by atoms with E-state index < -0.39 is 0 Å². The Bertz CT molecular complexity index is 804. The molecule has 1 N–H and O–H groups in total. The van der Waals surface area contributed by atoms with Crippen molar-refractivity contribution in [2.75, 3.05) is 44.7 Å². The van der Waals surface area contributed by atoms with Crippen LogP contribution in [-0.2, 0) is 18.2 Å². The summed E-state index contributed by atoms with van der Waals surface area (Å²) in [5.74, 6) is 0.666. The molecular weight excluding hydrogens is 393 g/mol. The predicted octanol–water partition coefficient (Wildman–Crippen LogP) is 3.89. The number of nitrogens with one attached hydrogen (secondary N) is 1. The summed E-state index contributed by atoms with van der Waals surface area (Å²) in [5, 5.41) is 3.03. The number of likely N-dealkylation sites (N-methyl/N-ethyl adjacent to an activating group) is 1. The van der Waals surface area contributed by atoms with Crippen molar-refractivity contribution in [3.63, 3.8) is 0 Å². The van der Waals surface area contributed by atoms with Crippen LogP contribution in [0.2, 0.25) is 0 Å². The molecule has 2 aromatic rings. The lowest BCUT2D eigenvalue weighted by Gasteiger charge is -2.35. The largest absolute Gasteiger partial charge is 0.369 e. The Morgan fingerprint density at radius 3 is 2.39 bits per heavy atom. The van der Waals surface area contributed by atoms with E-state index in [1.54, 1.807) is 6.07 Å². The highest BCUT2D eigenvalue weighted by atomic mass is 35.5. The number of nitrogens with zero attached hydrogens (tertiary/aromatic N) is 2. The normalized spacial score (nSPS) is 14.9. The zero-order valence-electron chi connectivity index (χ0n) is 16.3. The molecule has 2 aromatic carbocycles. The summed E-state index contributed by atoms with van der Waals surface area (Å²) in [6, 6.07) is 14.0. The molecule has 0 aliphatic carbocycles. The van der Waals surface area contributed by atoms with Gasteiger partial charge in [0.05, 0.1) is 0 Å². The fraction of sp³-hybridized carbons (Fsp3) is 0.409. The van der Waals surface area contributed by atoms with Crippen molar-refractivity contribution in [1.82, 2.24) is 10.2 Å². The molecule has 150 valence electrons. The molecule has 28 heavy (non-hydrogen) atoms. The minimum atomic E-state index is -0.0791. The van der Waals surface area contributed by atoms with E-state index in [1.807, 2.05) is 12.1 Å². The second kappa shape index (κ2) is 10.1. The van der Waals surface area contributed by atoms with Gasteiger partial charge in [0.1, 0.15) is 0 Å². The van der Waals surface area contributed by atoms with Crippen molar-refractivity contribution < 1.29 is 4.79 Å². The lowest BCUT2D eigenvalue weighted by atomic mass is 10.1. The van der Waals surface area contributed by atoms with E-state index in [0.29, 0.717) is 23.9 Å². The van der Waals surface area contributed by atoms with Gasteiger partial charge in [-0.05, 0) is 48.4 Å². The van der Waals surface area contributed by atoms with Gasteiger partial charge in [-0.2, -0.15) is 0 Å². The lowest BCUT2D eigenvalue weighted by molar-refractivity contribution is 0.0954. The first kappa shape index (κ1) is 21.0. The molecule has 0 spiro atoms. The van der Waals surface area contributed by atoms with Crippen LogP contribution in [0.4, 0.5) is 5.69 Å². The molecule has 3 rings (SSSR count). The van der Waals surface area contributed by atoms with Gasteiger partial charge in [-0.25, -0.2) is 0 Å². The van der Waals surface area contributed by atoms with Crippen LogP contribution < -0.4 is 10.2 Å². The van der Waals surface area contributed by atoms with Gasteiger partial charge < -0.3 is 15.1 Å². The Morgan fingerprint density at radius 2 is 1.68 bits per heavy atom. The summed E-state index contributed by atoms with van der Waals surface area (Å²) < 4.78 is 0. The van der Waals surface area contributed by atoms with Crippen LogP contribution in [0.15, 0.2) is 42.5 Å². The van der Waals surface area contributed by atoms with Crippen LogP contribution in [0.25, 0.3) is 0 Å². The summed E-state index contributed by atoms with van der Waals surface area (Å²) in [7, 11) is 2.16. The molecule has 1 saturated heterocycles. The van der Waals surface area contributed by atoms with Crippen LogP contribution in [-0.4, -0.2) is 50.6 Å². The van der Waals surface area contributed by atoms with Crippen LogP contribution in [0.1, 0.15) is 27.0 Å². The number of carbonyl (C=O) groups is 1. The number of alkyl halides is 2. The molecule has 0 atom stereocenters. The summed E-state index contributed by atoms with van der Waals surface area (Å²) in [6.07, 6.45) is 0.802. The highest BCUT2D eigenvalue weighted by Gasteiger charge is 2.16. The number of hydrogen-bond acceptors (Lipinski definition) is 3. The summed E-state index contributed by atoms with van der Waals surface area (Å²) >= 11 is 11.9. The lowest BCUT2D eigenvalue weighted by Crippen LogP contribution is -2.44.